The van der Waals surface area contributed by atoms with Gasteiger partial charge in [0.2, 0.25) is 5.91 Å². The third-order valence-electron chi connectivity index (χ3n) is 5.38. The minimum atomic E-state index is -0.519. The van der Waals surface area contributed by atoms with E-state index in [-0.39, 0.29) is 18.0 Å². The van der Waals surface area contributed by atoms with Crippen LogP contribution in [0.2, 0.25) is 0 Å². The fraction of sp³-hybridized carbons (Fsp3) is 0.174. The highest BCUT2D eigenvalue weighted by molar-refractivity contribution is 7.17. The molecule has 2 aromatic heterocycles. The summed E-state index contributed by atoms with van der Waals surface area (Å²) in [7, 11) is 1.67. The Morgan fingerprint density at radius 2 is 1.73 bits per heavy atom. The van der Waals surface area contributed by atoms with Gasteiger partial charge in [-0.25, -0.2) is 9.36 Å². The van der Waals surface area contributed by atoms with Gasteiger partial charge in [0.25, 0.3) is 5.56 Å². The van der Waals surface area contributed by atoms with Crippen molar-refractivity contribution in [1.82, 2.24) is 9.13 Å². The zero-order valence-corrected chi connectivity index (χ0v) is 17.8. The summed E-state index contributed by atoms with van der Waals surface area (Å²) in [6.07, 6.45) is 0. The largest absolute Gasteiger partial charge is 0.336 e. The summed E-state index contributed by atoms with van der Waals surface area (Å²) >= 11 is 1.27. The first-order valence-electron chi connectivity index (χ1n) is 9.51. The summed E-state index contributed by atoms with van der Waals surface area (Å²) < 4.78 is 3.01. The third kappa shape index (κ3) is 3.27. The maximum absolute atomic E-state index is 13.4. The van der Waals surface area contributed by atoms with Gasteiger partial charge in [0.15, 0.2) is 0 Å². The number of hydrogen-bond acceptors (Lipinski definition) is 4. The Balaban J connectivity index is 1.88. The molecule has 0 saturated carbocycles. The number of likely N-dealkylation sites (N-methyl/N-ethyl adjacent to an activating group) is 1. The first kappa shape index (κ1) is 19.8. The van der Waals surface area contributed by atoms with Crippen LogP contribution in [0.3, 0.4) is 0 Å². The molecule has 152 valence electrons. The lowest BCUT2D eigenvalue weighted by molar-refractivity contribution is -0.118. The van der Waals surface area contributed by atoms with Crippen LogP contribution in [0.5, 0.6) is 0 Å². The van der Waals surface area contributed by atoms with Crippen LogP contribution in [-0.4, -0.2) is 22.1 Å². The normalized spacial score (nSPS) is 11.0. The number of aromatic nitrogens is 2. The quantitative estimate of drug-likeness (QED) is 0.509. The molecular weight excluding hydrogens is 398 g/mol. The number of rotatable bonds is 4. The fourth-order valence-corrected chi connectivity index (χ4v) is 4.29. The number of anilines is 1. The third-order valence-corrected chi connectivity index (χ3v) is 6.27. The van der Waals surface area contributed by atoms with Crippen molar-refractivity contribution in [1.29, 1.82) is 0 Å². The highest BCUT2D eigenvalue weighted by Gasteiger charge is 2.20. The van der Waals surface area contributed by atoms with E-state index in [9.17, 15) is 14.4 Å². The Morgan fingerprint density at radius 3 is 2.47 bits per heavy atom. The van der Waals surface area contributed by atoms with Crippen molar-refractivity contribution >= 4 is 33.1 Å². The van der Waals surface area contributed by atoms with E-state index in [0.29, 0.717) is 15.9 Å². The molecule has 6 nitrogen and oxygen atoms in total. The van der Waals surface area contributed by atoms with Crippen LogP contribution in [0.1, 0.15) is 11.1 Å². The van der Waals surface area contributed by atoms with Gasteiger partial charge in [0.1, 0.15) is 11.2 Å². The SMILES string of the molecule is Cc1cccc(-n2c(=O)c3sccc3n(CC(=O)N(C)c3ccccc3)c2=O)c1C. The molecule has 2 heterocycles. The van der Waals surface area contributed by atoms with Crippen LogP contribution in [0.25, 0.3) is 15.9 Å². The summed E-state index contributed by atoms with van der Waals surface area (Å²) in [5.41, 5.74) is 2.71. The summed E-state index contributed by atoms with van der Waals surface area (Å²) in [5, 5.41) is 1.76. The number of benzene rings is 2. The van der Waals surface area contributed by atoms with Crippen LogP contribution in [0.4, 0.5) is 5.69 Å². The van der Waals surface area contributed by atoms with Crippen LogP contribution in [-0.2, 0) is 11.3 Å². The number of amides is 1. The average molecular weight is 420 g/mol. The predicted molar refractivity (Wildman–Crippen MR) is 121 cm³/mol. The van der Waals surface area contributed by atoms with Crippen molar-refractivity contribution < 1.29 is 4.79 Å². The smallest absolute Gasteiger partial charge is 0.314 e. The number of nitrogens with zero attached hydrogens (tertiary/aromatic N) is 3. The van der Waals surface area contributed by atoms with Crippen molar-refractivity contribution in [3.63, 3.8) is 0 Å². The van der Waals surface area contributed by atoms with E-state index >= 15 is 0 Å². The predicted octanol–water partition coefficient (Wildman–Crippen LogP) is 3.49. The van der Waals surface area contributed by atoms with E-state index in [4.69, 9.17) is 0 Å². The second kappa shape index (κ2) is 7.76. The van der Waals surface area contributed by atoms with E-state index in [0.717, 1.165) is 16.8 Å². The minimum absolute atomic E-state index is 0.164. The molecule has 1 amide bonds. The van der Waals surface area contributed by atoms with Gasteiger partial charge in [-0.15, -0.1) is 11.3 Å². The van der Waals surface area contributed by atoms with Gasteiger partial charge in [-0.1, -0.05) is 30.3 Å². The van der Waals surface area contributed by atoms with Gasteiger partial charge in [0, 0.05) is 12.7 Å². The second-order valence-electron chi connectivity index (χ2n) is 7.15. The molecule has 0 spiro atoms. The molecule has 0 aliphatic rings. The summed E-state index contributed by atoms with van der Waals surface area (Å²) in [4.78, 5) is 41.0. The van der Waals surface area contributed by atoms with Gasteiger partial charge < -0.3 is 4.90 Å². The Labute approximate surface area is 177 Å². The van der Waals surface area contributed by atoms with E-state index in [1.54, 1.807) is 24.6 Å². The summed E-state index contributed by atoms with van der Waals surface area (Å²) in [5.74, 6) is -0.248. The summed E-state index contributed by atoms with van der Waals surface area (Å²) in [6.45, 7) is 3.65. The van der Waals surface area contributed by atoms with Crippen molar-refractivity contribution in [2.24, 2.45) is 0 Å². The molecule has 0 radical (unpaired) electrons. The molecule has 7 heteroatoms. The molecule has 0 aliphatic carbocycles. The van der Waals surface area contributed by atoms with Crippen LogP contribution < -0.4 is 16.1 Å². The molecule has 0 N–H and O–H groups in total. The van der Waals surface area contributed by atoms with Crippen LogP contribution in [0, 0.1) is 13.8 Å². The molecule has 4 aromatic rings. The first-order chi connectivity index (χ1) is 14.4. The number of aryl methyl sites for hydroxylation is 1. The second-order valence-corrected chi connectivity index (χ2v) is 8.07. The number of thiophene rings is 1. The van der Waals surface area contributed by atoms with Crippen molar-refractivity contribution in [2.45, 2.75) is 20.4 Å². The maximum Gasteiger partial charge on any atom is 0.336 e. The van der Waals surface area contributed by atoms with E-state index in [1.165, 1.54) is 25.4 Å². The zero-order valence-electron chi connectivity index (χ0n) is 17.0. The van der Waals surface area contributed by atoms with Crippen LogP contribution in [0.15, 0.2) is 69.6 Å². The summed E-state index contributed by atoms with van der Waals surface area (Å²) in [6, 6.07) is 16.5. The van der Waals surface area contributed by atoms with Crippen molar-refractivity contribution in [3.8, 4) is 5.69 Å². The van der Waals surface area contributed by atoms with Gasteiger partial charge in [-0.2, -0.15) is 0 Å². The van der Waals surface area contributed by atoms with E-state index in [1.807, 2.05) is 56.3 Å². The number of para-hydroxylation sites is 1. The molecular formula is C23H21N3O3S. The first-order valence-corrected chi connectivity index (χ1v) is 10.4. The van der Waals surface area contributed by atoms with E-state index < -0.39 is 5.69 Å². The minimum Gasteiger partial charge on any atom is -0.314 e. The van der Waals surface area contributed by atoms with Crippen molar-refractivity contribution in [2.75, 3.05) is 11.9 Å². The lowest BCUT2D eigenvalue weighted by atomic mass is 10.1. The number of fused-ring (bicyclic) bond motifs is 1. The topological polar surface area (TPSA) is 64.3 Å². The monoisotopic (exact) mass is 419 g/mol. The highest BCUT2D eigenvalue weighted by atomic mass is 32.1. The molecule has 4 rings (SSSR count). The van der Waals surface area contributed by atoms with Crippen LogP contribution >= 0.6 is 11.3 Å². The molecule has 0 fully saturated rings. The molecule has 2 aromatic carbocycles. The zero-order chi connectivity index (χ0) is 21.4. The molecule has 0 saturated heterocycles. The van der Waals surface area contributed by atoms with Gasteiger partial charge in [-0.05, 0) is 54.6 Å². The molecule has 0 atom stereocenters. The lowest BCUT2D eigenvalue weighted by Gasteiger charge is -2.19. The molecule has 0 unspecified atom stereocenters. The standard InChI is InChI=1S/C23H21N3O3S/c1-15-8-7-11-18(16(15)2)26-22(28)21-19(12-13-30-21)25(23(26)29)14-20(27)24(3)17-9-5-4-6-10-17/h4-13H,14H2,1-3H3. The maximum atomic E-state index is 13.4. The van der Waals surface area contributed by atoms with Gasteiger partial charge in [-0.3, -0.25) is 14.2 Å². The Kier molecular flexibility index (Phi) is 5.13. The number of hydrogen-bond donors (Lipinski definition) is 0. The number of carbonyl (C=O) groups is 1. The molecule has 0 aliphatic heterocycles. The lowest BCUT2D eigenvalue weighted by Crippen LogP contribution is -2.42. The molecule has 0 bridgehead atoms. The van der Waals surface area contributed by atoms with Gasteiger partial charge in [0.05, 0.1) is 11.2 Å². The average Bonchev–Trinajstić information content (AvgIpc) is 3.24. The Hall–Kier alpha value is -3.45. The Morgan fingerprint density at radius 1 is 1.00 bits per heavy atom. The fourth-order valence-electron chi connectivity index (χ4n) is 3.47. The highest BCUT2D eigenvalue weighted by Crippen LogP contribution is 2.20. The number of carbonyl (C=O) groups excluding carboxylic acids is 1. The van der Waals surface area contributed by atoms with E-state index in [2.05, 4.69) is 0 Å². The van der Waals surface area contributed by atoms with Crippen molar-refractivity contribution in [3.05, 3.63) is 91.9 Å². The van der Waals surface area contributed by atoms with Gasteiger partial charge >= 0.3 is 5.69 Å². The molecule has 30 heavy (non-hydrogen) atoms. The Bertz CT molecular complexity index is 1370.